The number of amides is 1. The fraction of sp³-hybridized carbons (Fsp3) is 0.250. The summed E-state index contributed by atoms with van der Waals surface area (Å²) in [5.74, 6) is 0.974. The molecule has 128 valence electrons. The van der Waals surface area contributed by atoms with Gasteiger partial charge in [0.2, 0.25) is 5.82 Å². The predicted octanol–water partition coefficient (Wildman–Crippen LogP) is 2.42. The minimum Gasteiger partial charge on any atom is -0.486 e. The zero-order chi connectivity index (χ0) is 17.6. The maximum atomic E-state index is 12.5. The molecular weight excluding hydrogens is 346 g/mol. The van der Waals surface area contributed by atoms with Crippen molar-refractivity contribution in [2.24, 2.45) is 0 Å². The van der Waals surface area contributed by atoms with Crippen LogP contribution in [0, 0.1) is 13.8 Å². The Kier molecular flexibility index (Phi) is 3.69. The molecule has 1 aliphatic rings. The minimum absolute atomic E-state index is 0.00663. The number of carbonyl (C=O) groups excluding carboxylic acids is 1. The Hall–Kier alpha value is -2.87. The van der Waals surface area contributed by atoms with E-state index >= 15 is 0 Å². The minimum atomic E-state index is -0.485. The summed E-state index contributed by atoms with van der Waals surface area (Å²) < 4.78 is 12.5. The predicted molar refractivity (Wildman–Crippen MR) is 90.7 cm³/mol. The van der Waals surface area contributed by atoms with Gasteiger partial charge in [-0.15, -0.1) is 5.10 Å². The zero-order valence-electron chi connectivity index (χ0n) is 13.5. The molecule has 9 heteroatoms. The highest BCUT2D eigenvalue weighted by atomic mass is 35.5. The molecule has 0 bridgehead atoms. The molecule has 0 atom stereocenters. The van der Waals surface area contributed by atoms with Crippen LogP contribution in [0.1, 0.15) is 22.0 Å². The molecule has 0 saturated carbocycles. The van der Waals surface area contributed by atoms with Crippen molar-refractivity contribution in [1.82, 2.24) is 19.6 Å². The number of halogens is 1. The summed E-state index contributed by atoms with van der Waals surface area (Å²) >= 11 is 6.21. The van der Waals surface area contributed by atoms with Crippen molar-refractivity contribution < 1.29 is 14.3 Å². The van der Waals surface area contributed by atoms with Gasteiger partial charge >= 0.3 is 0 Å². The van der Waals surface area contributed by atoms with E-state index in [1.54, 1.807) is 12.1 Å². The molecule has 3 heterocycles. The van der Waals surface area contributed by atoms with Gasteiger partial charge in [-0.05, 0) is 19.9 Å². The number of rotatable bonds is 2. The summed E-state index contributed by atoms with van der Waals surface area (Å²) in [7, 11) is 0. The first-order valence-electron chi connectivity index (χ1n) is 7.63. The normalized spacial score (nSPS) is 13.1. The number of ether oxygens (including phenoxy) is 2. The molecule has 1 N–H and O–H groups in total. The molecule has 0 unspecified atom stereocenters. The molecule has 0 radical (unpaired) electrons. The van der Waals surface area contributed by atoms with E-state index in [0.29, 0.717) is 41.2 Å². The molecule has 0 spiro atoms. The van der Waals surface area contributed by atoms with Crippen LogP contribution in [0.4, 0.5) is 5.69 Å². The third-order valence-corrected chi connectivity index (χ3v) is 4.01. The lowest BCUT2D eigenvalue weighted by molar-refractivity contribution is 0.101. The number of nitrogens with zero attached hydrogens (tertiary/aromatic N) is 4. The van der Waals surface area contributed by atoms with Crippen molar-refractivity contribution >= 4 is 29.0 Å². The van der Waals surface area contributed by atoms with E-state index in [1.165, 1.54) is 4.52 Å². The molecule has 3 aromatic rings. The molecule has 0 saturated heterocycles. The molecule has 1 amide bonds. The van der Waals surface area contributed by atoms with Crippen LogP contribution in [-0.2, 0) is 0 Å². The second-order valence-electron chi connectivity index (χ2n) is 5.62. The van der Waals surface area contributed by atoms with Crippen LogP contribution in [0.25, 0.3) is 5.78 Å². The summed E-state index contributed by atoms with van der Waals surface area (Å²) in [4.78, 5) is 20.9. The van der Waals surface area contributed by atoms with Crippen molar-refractivity contribution in [2.75, 3.05) is 18.5 Å². The maximum absolute atomic E-state index is 12.5. The van der Waals surface area contributed by atoms with Crippen molar-refractivity contribution in [3.05, 3.63) is 40.4 Å². The molecule has 8 nitrogen and oxygen atoms in total. The number of aryl methyl sites for hydroxylation is 2. The largest absolute Gasteiger partial charge is 0.486 e. The van der Waals surface area contributed by atoms with Gasteiger partial charge in [0.25, 0.3) is 11.7 Å². The molecular formula is C16H14ClN5O3. The van der Waals surface area contributed by atoms with E-state index in [4.69, 9.17) is 21.1 Å². The van der Waals surface area contributed by atoms with Crippen molar-refractivity contribution in [3.8, 4) is 11.5 Å². The summed E-state index contributed by atoms with van der Waals surface area (Å²) in [6.07, 6.45) is 0. The summed E-state index contributed by atoms with van der Waals surface area (Å²) in [6, 6.07) is 5.09. The molecule has 1 aliphatic heterocycles. The zero-order valence-corrected chi connectivity index (χ0v) is 14.3. The van der Waals surface area contributed by atoms with Crippen LogP contribution in [0.3, 0.4) is 0 Å². The Morgan fingerprint density at radius 2 is 1.88 bits per heavy atom. The van der Waals surface area contributed by atoms with Gasteiger partial charge < -0.3 is 14.8 Å². The first kappa shape index (κ1) is 15.6. The summed E-state index contributed by atoms with van der Waals surface area (Å²) in [5, 5.41) is 7.24. The highest BCUT2D eigenvalue weighted by Gasteiger charge is 2.19. The van der Waals surface area contributed by atoms with Gasteiger partial charge in [-0.3, -0.25) is 4.79 Å². The lowest BCUT2D eigenvalue weighted by Crippen LogP contribution is -2.17. The highest BCUT2D eigenvalue weighted by Crippen LogP contribution is 2.38. The highest BCUT2D eigenvalue weighted by molar-refractivity contribution is 6.34. The van der Waals surface area contributed by atoms with Crippen LogP contribution in [-0.4, -0.2) is 38.7 Å². The number of hydrogen-bond acceptors (Lipinski definition) is 6. The summed E-state index contributed by atoms with van der Waals surface area (Å²) in [5.41, 5.74) is 2.04. The number of hydrogen-bond donors (Lipinski definition) is 1. The number of aromatic nitrogens is 4. The second kappa shape index (κ2) is 5.89. The van der Waals surface area contributed by atoms with E-state index in [-0.39, 0.29) is 5.82 Å². The van der Waals surface area contributed by atoms with E-state index in [1.807, 2.05) is 19.9 Å². The van der Waals surface area contributed by atoms with Crippen LogP contribution < -0.4 is 14.8 Å². The average Bonchev–Trinajstić information content (AvgIpc) is 3.00. The number of carbonyl (C=O) groups is 1. The van der Waals surface area contributed by atoms with Crippen molar-refractivity contribution in [3.63, 3.8) is 0 Å². The van der Waals surface area contributed by atoms with Crippen molar-refractivity contribution in [1.29, 1.82) is 0 Å². The van der Waals surface area contributed by atoms with Gasteiger partial charge in [-0.2, -0.15) is 4.98 Å². The monoisotopic (exact) mass is 359 g/mol. The Balaban J connectivity index is 1.65. The molecule has 0 fully saturated rings. The maximum Gasteiger partial charge on any atom is 0.295 e. The van der Waals surface area contributed by atoms with Gasteiger partial charge in [0.1, 0.15) is 13.2 Å². The van der Waals surface area contributed by atoms with E-state index in [2.05, 4.69) is 20.4 Å². The molecule has 1 aromatic carbocycles. The van der Waals surface area contributed by atoms with Gasteiger partial charge in [0.05, 0.1) is 10.7 Å². The lowest BCUT2D eigenvalue weighted by atomic mass is 10.2. The van der Waals surface area contributed by atoms with Crippen LogP contribution in [0.5, 0.6) is 11.5 Å². The van der Waals surface area contributed by atoms with Gasteiger partial charge in [-0.1, -0.05) is 11.6 Å². The Bertz CT molecular complexity index is 1000. The molecule has 4 rings (SSSR count). The first-order valence-corrected chi connectivity index (χ1v) is 8.00. The van der Waals surface area contributed by atoms with E-state index in [9.17, 15) is 4.79 Å². The Morgan fingerprint density at radius 1 is 1.16 bits per heavy atom. The Morgan fingerprint density at radius 3 is 2.64 bits per heavy atom. The third-order valence-electron chi connectivity index (χ3n) is 3.70. The standard InChI is InChI=1S/C16H14ClN5O3/c1-8-5-9(2)22-16(18-8)20-14(21-22)15(23)19-11-7-13-12(6-10(11)17)24-3-4-25-13/h5-7H,3-4H2,1-2H3,(H,19,23). The number of benzene rings is 1. The van der Waals surface area contributed by atoms with Gasteiger partial charge in [0.15, 0.2) is 11.5 Å². The lowest BCUT2D eigenvalue weighted by Gasteiger charge is -2.19. The van der Waals surface area contributed by atoms with Crippen LogP contribution in [0.2, 0.25) is 5.02 Å². The molecule has 25 heavy (non-hydrogen) atoms. The fourth-order valence-electron chi connectivity index (χ4n) is 2.60. The first-order chi connectivity index (χ1) is 12.0. The van der Waals surface area contributed by atoms with Crippen LogP contribution >= 0.6 is 11.6 Å². The number of nitrogens with one attached hydrogen (secondary N) is 1. The fourth-order valence-corrected chi connectivity index (χ4v) is 2.80. The average molecular weight is 360 g/mol. The molecule has 2 aromatic heterocycles. The van der Waals surface area contributed by atoms with E-state index in [0.717, 1.165) is 11.4 Å². The van der Waals surface area contributed by atoms with Crippen molar-refractivity contribution in [2.45, 2.75) is 13.8 Å². The third kappa shape index (κ3) is 2.85. The summed E-state index contributed by atoms with van der Waals surface area (Å²) in [6.45, 7) is 4.64. The smallest absolute Gasteiger partial charge is 0.295 e. The Labute approximate surface area is 147 Å². The van der Waals surface area contributed by atoms with Gasteiger partial charge in [0, 0.05) is 23.5 Å². The second-order valence-corrected chi connectivity index (χ2v) is 6.02. The van der Waals surface area contributed by atoms with Crippen LogP contribution in [0.15, 0.2) is 18.2 Å². The SMILES string of the molecule is Cc1cc(C)n2nc(C(=O)Nc3cc4c(cc3Cl)OCCO4)nc2n1. The quantitative estimate of drug-likeness (QED) is 0.755. The topological polar surface area (TPSA) is 90.6 Å². The van der Waals surface area contributed by atoms with Gasteiger partial charge in [-0.25, -0.2) is 9.50 Å². The number of fused-ring (bicyclic) bond motifs is 2. The molecule has 0 aliphatic carbocycles. The van der Waals surface area contributed by atoms with E-state index < -0.39 is 5.91 Å². The number of anilines is 1.